The zero-order valence-corrected chi connectivity index (χ0v) is 20.4. The molecule has 1 atom stereocenters. The number of fused-ring (bicyclic) bond motifs is 1. The Morgan fingerprint density at radius 1 is 1.15 bits per heavy atom. The van der Waals surface area contributed by atoms with Crippen LogP contribution in [0.4, 0.5) is 0 Å². The van der Waals surface area contributed by atoms with E-state index in [-0.39, 0.29) is 19.3 Å². The van der Waals surface area contributed by atoms with E-state index in [4.69, 9.17) is 14.2 Å². The average Bonchev–Trinajstić information content (AvgIpc) is 3.29. The highest BCUT2D eigenvalue weighted by atomic mass is 79.9. The number of nitrogens with one attached hydrogen (secondary N) is 2. The van der Waals surface area contributed by atoms with E-state index in [9.17, 15) is 14.4 Å². The van der Waals surface area contributed by atoms with Crippen molar-refractivity contribution < 1.29 is 33.3 Å². The number of methoxy groups -OCH3 is 1. The van der Waals surface area contributed by atoms with E-state index >= 15 is 0 Å². The Labute approximate surface area is 204 Å². The van der Waals surface area contributed by atoms with Gasteiger partial charge < -0.3 is 24.3 Å². The van der Waals surface area contributed by atoms with Crippen LogP contribution in [0.5, 0.6) is 17.2 Å². The Morgan fingerprint density at radius 2 is 1.91 bits per heavy atom. The molecule has 0 saturated carbocycles. The summed E-state index contributed by atoms with van der Waals surface area (Å²) in [6, 6.07) is 9.08. The van der Waals surface area contributed by atoms with Crippen molar-refractivity contribution in [2.24, 2.45) is 11.0 Å². The van der Waals surface area contributed by atoms with Crippen molar-refractivity contribution in [2.75, 3.05) is 20.5 Å². The first-order valence-electron chi connectivity index (χ1n) is 10.3. The lowest BCUT2D eigenvalue weighted by molar-refractivity contribution is -0.142. The SMILES string of the molecule is COC(=O)COc1ccc(C=NNC(=O)C(NC(=O)c2ccc3c(c2)OCO3)C(C)C)cc1Br. The van der Waals surface area contributed by atoms with Gasteiger partial charge >= 0.3 is 5.97 Å². The molecule has 1 unspecified atom stereocenters. The molecule has 10 nitrogen and oxygen atoms in total. The third kappa shape index (κ3) is 6.47. The summed E-state index contributed by atoms with van der Waals surface area (Å²) >= 11 is 3.36. The van der Waals surface area contributed by atoms with Crippen LogP contribution in [0, 0.1) is 5.92 Å². The molecule has 0 aromatic heterocycles. The van der Waals surface area contributed by atoms with Gasteiger partial charge in [-0.2, -0.15) is 5.10 Å². The highest BCUT2D eigenvalue weighted by Crippen LogP contribution is 2.32. The van der Waals surface area contributed by atoms with Crippen LogP contribution in [0.15, 0.2) is 46.0 Å². The van der Waals surface area contributed by atoms with Gasteiger partial charge in [0.1, 0.15) is 11.8 Å². The molecule has 3 rings (SSSR count). The summed E-state index contributed by atoms with van der Waals surface area (Å²) in [6.45, 7) is 3.53. The van der Waals surface area contributed by atoms with Crippen LogP contribution in [0.3, 0.4) is 0 Å². The van der Waals surface area contributed by atoms with Crippen molar-refractivity contribution in [3.05, 3.63) is 52.0 Å². The number of carbonyl (C=O) groups excluding carboxylic acids is 3. The maximum atomic E-state index is 12.7. The molecule has 2 N–H and O–H groups in total. The molecule has 34 heavy (non-hydrogen) atoms. The largest absolute Gasteiger partial charge is 0.481 e. The summed E-state index contributed by atoms with van der Waals surface area (Å²) in [7, 11) is 1.28. The highest BCUT2D eigenvalue weighted by molar-refractivity contribution is 9.10. The number of amides is 2. The molecule has 0 radical (unpaired) electrons. The second kappa shape index (κ2) is 11.5. The predicted molar refractivity (Wildman–Crippen MR) is 126 cm³/mol. The quantitative estimate of drug-likeness (QED) is 0.288. The first kappa shape index (κ1) is 25.0. The minimum Gasteiger partial charge on any atom is -0.481 e. The van der Waals surface area contributed by atoms with E-state index in [1.165, 1.54) is 13.3 Å². The summed E-state index contributed by atoms with van der Waals surface area (Å²) in [6.07, 6.45) is 1.45. The smallest absolute Gasteiger partial charge is 0.343 e. The number of esters is 1. The maximum absolute atomic E-state index is 12.7. The summed E-state index contributed by atoms with van der Waals surface area (Å²) in [5, 5.41) is 6.72. The first-order valence-corrected chi connectivity index (χ1v) is 11.1. The number of benzene rings is 2. The van der Waals surface area contributed by atoms with E-state index in [2.05, 4.69) is 36.5 Å². The van der Waals surface area contributed by atoms with Crippen molar-refractivity contribution in [3.8, 4) is 17.2 Å². The van der Waals surface area contributed by atoms with E-state index < -0.39 is 23.8 Å². The highest BCUT2D eigenvalue weighted by Gasteiger charge is 2.25. The van der Waals surface area contributed by atoms with Crippen molar-refractivity contribution in [1.82, 2.24) is 10.7 Å². The molecule has 1 heterocycles. The van der Waals surface area contributed by atoms with Gasteiger partial charge in [0.25, 0.3) is 11.8 Å². The fourth-order valence-electron chi connectivity index (χ4n) is 2.95. The number of hydrazone groups is 1. The van der Waals surface area contributed by atoms with Gasteiger partial charge in [0.05, 0.1) is 17.8 Å². The number of hydrogen-bond donors (Lipinski definition) is 2. The second-order valence-corrected chi connectivity index (χ2v) is 8.41. The minimum absolute atomic E-state index is 0.106. The molecule has 0 spiro atoms. The Bertz CT molecular complexity index is 1100. The standard InChI is InChI=1S/C23H24BrN3O7/c1-13(2)21(26-22(29)15-5-7-18-19(9-15)34-12-33-18)23(30)27-25-10-14-4-6-17(16(24)8-14)32-11-20(28)31-3/h4-10,13,21H,11-12H2,1-3H3,(H,26,29)(H,27,30). The summed E-state index contributed by atoms with van der Waals surface area (Å²) < 4.78 is 21.0. The van der Waals surface area contributed by atoms with Crippen LogP contribution in [0.2, 0.25) is 0 Å². The Hall–Kier alpha value is -3.60. The van der Waals surface area contributed by atoms with Gasteiger partial charge in [0, 0.05) is 5.56 Å². The molecular formula is C23H24BrN3O7. The van der Waals surface area contributed by atoms with E-state index in [0.29, 0.717) is 32.8 Å². The molecule has 0 saturated heterocycles. The molecule has 1 aliphatic rings. The van der Waals surface area contributed by atoms with Crippen molar-refractivity contribution in [1.29, 1.82) is 0 Å². The molecule has 11 heteroatoms. The van der Waals surface area contributed by atoms with Crippen molar-refractivity contribution >= 4 is 39.9 Å². The molecule has 1 aliphatic heterocycles. The van der Waals surface area contributed by atoms with Crippen LogP contribution in [0.1, 0.15) is 29.8 Å². The predicted octanol–water partition coefficient (Wildman–Crippen LogP) is 2.63. The molecular weight excluding hydrogens is 510 g/mol. The normalized spacial score (nSPS) is 13.0. The van der Waals surface area contributed by atoms with Gasteiger partial charge in [-0.05, 0) is 63.8 Å². The summed E-state index contributed by atoms with van der Waals surface area (Å²) in [5.74, 6) is -0.0498. The Morgan fingerprint density at radius 3 is 2.62 bits per heavy atom. The number of halogens is 1. The number of rotatable bonds is 9. The van der Waals surface area contributed by atoms with Gasteiger partial charge in [-0.1, -0.05) is 13.8 Å². The fraction of sp³-hybridized carbons (Fsp3) is 0.304. The van der Waals surface area contributed by atoms with Gasteiger partial charge in [-0.3, -0.25) is 9.59 Å². The number of ether oxygens (including phenoxy) is 4. The lowest BCUT2D eigenvalue weighted by atomic mass is 10.0. The van der Waals surface area contributed by atoms with Crippen molar-refractivity contribution in [2.45, 2.75) is 19.9 Å². The third-order valence-electron chi connectivity index (χ3n) is 4.79. The molecule has 180 valence electrons. The maximum Gasteiger partial charge on any atom is 0.343 e. The Balaban J connectivity index is 1.58. The van der Waals surface area contributed by atoms with Gasteiger partial charge in [0.15, 0.2) is 18.1 Å². The molecule has 0 fully saturated rings. The van der Waals surface area contributed by atoms with Crippen LogP contribution < -0.4 is 25.0 Å². The minimum atomic E-state index is -0.809. The molecule has 2 amide bonds. The van der Waals surface area contributed by atoms with Gasteiger partial charge in [-0.25, -0.2) is 10.2 Å². The van der Waals surface area contributed by atoms with E-state index in [0.717, 1.165) is 0 Å². The molecule has 2 aromatic carbocycles. The fourth-order valence-corrected chi connectivity index (χ4v) is 3.46. The van der Waals surface area contributed by atoms with Crippen LogP contribution in [0.25, 0.3) is 0 Å². The first-order chi connectivity index (χ1) is 16.3. The molecule has 0 aliphatic carbocycles. The van der Waals surface area contributed by atoms with Gasteiger partial charge in [0.2, 0.25) is 6.79 Å². The zero-order valence-electron chi connectivity index (χ0n) is 18.8. The summed E-state index contributed by atoms with van der Waals surface area (Å²) in [4.78, 5) is 36.5. The topological polar surface area (TPSA) is 125 Å². The average molecular weight is 534 g/mol. The molecule has 0 bridgehead atoms. The second-order valence-electron chi connectivity index (χ2n) is 7.55. The lowest BCUT2D eigenvalue weighted by Gasteiger charge is -2.20. The van der Waals surface area contributed by atoms with Gasteiger partial charge in [-0.15, -0.1) is 0 Å². The Kier molecular flexibility index (Phi) is 8.47. The lowest BCUT2D eigenvalue weighted by Crippen LogP contribution is -2.48. The van der Waals surface area contributed by atoms with E-state index in [1.807, 2.05) is 13.8 Å². The number of hydrogen-bond acceptors (Lipinski definition) is 8. The van der Waals surface area contributed by atoms with Crippen LogP contribution in [-0.2, 0) is 14.3 Å². The number of carbonyl (C=O) groups is 3. The van der Waals surface area contributed by atoms with E-state index in [1.54, 1.807) is 36.4 Å². The monoisotopic (exact) mass is 533 g/mol. The molecule has 2 aromatic rings. The van der Waals surface area contributed by atoms with Crippen LogP contribution >= 0.6 is 15.9 Å². The van der Waals surface area contributed by atoms with Crippen molar-refractivity contribution in [3.63, 3.8) is 0 Å². The van der Waals surface area contributed by atoms with Crippen LogP contribution in [-0.4, -0.2) is 50.5 Å². The zero-order chi connectivity index (χ0) is 24.7. The summed E-state index contributed by atoms with van der Waals surface area (Å²) in [5.41, 5.74) is 3.48. The third-order valence-corrected chi connectivity index (χ3v) is 5.41. The number of nitrogens with zero attached hydrogens (tertiary/aromatic N) is 1.